The first-order valence-corrected chi connectivity index (χ1v) is 8.35. The van der Waals surface area contributed by atoms with E-state index in [4.69, 9.17) is 9.47 Å². The molecule has 0 N–H and O–H groups in total. The van der Waals surface area contributed by atoms with E-state index < -0.39 is 5.97 Å². The number of aliphatic imine (C=N–C) groups is 1. The first kappa shape index (κ1) is 16.6. The van der Waals surface area contributed by atoms with Crippen LogP contribution in [0.1, 0.15) is 19.4 Å². The fraction of sp³-hybridized carbons (Fsp3) is 0.267. The molecule has 0 fully saturated rings. The molecule has 0 unspecified atom stereocenters. The Morgan fingerprint density at radius 1 is 1.41 bits per heavy atom. The lowest BCUT2D eigenvalue weighted by Gasteiger charge is -2.08. The number of carbonyl (C=O) groups is 2. The molecular formula is C15H15NO4S2. The minimum absolute atomic E-state index is 0.0704. The van der Waals surface area contributed by atoms with Gasteiger partial charge in [-0.3, -0.25) is 9.59 Å². The second-order valence-corrected chi connectivity index (χ2v) is 6.71. The normalized spacial score (nSPS) is 15.9. The van der Waals surface area contributed by atoms with Crippen LogP contribution in [-0.2, 0) is 9.59 Å². The molecule has 1 heterocycles. The number of ether oxygens (including phenoxy) is 2. The molecule has 5 nitrogen and oxygen atoms in total. The highest BCUT2D eigenvalue weighted by Crippen LogP contribution is 2.33. The molecule has 0 aromatic heterocycles. The second kappa shape index (κ2) is 7.51. The molecule has 0 saturated heterocycles. The van der Waals surface area contributed by atoms with E-state index in [0.29, 0.717) is 17.2 Å². The zero-order valence-electron chi connectivity index (χ0n) is 12.4. The SMILES string of the molecule is CCSC1=N/C(=C\c2ccc(OC(C)=O)c(OC)c2)C(=O)S1. The summed E-state index contributed by atoms with van der Waals surface area (Å²) in [6, 6.07) is 5.07. The van der Waals surface area contributed by atoms with Gasteiger partial charge in [-0.1, -0.05) is 24.8 Å². The van der Waals surface area contributed by atoms with Gasteiger partial charge in [0.1, 0.15) is 10.1 Å². The van der Waals surface area contributed by atoms with Crippen LogP contribution in [0.15, 0.2) is 28.9 Å². The van der Waals surface area contributed by atoms with Crippen LogP contribution < -0.4 is 9.47 Å². The third-order valence-electron chi connectivity index (χ3n) is 2.61. The van der Waals surface area contributed by atoms with E-state index in [1.54, 1.807) is 36.0 Å². The summed E-state index contributed by atoms with van der Waals surface area (Å²) in [5.41, 5.74) is 1.16. The molecule has 0 radical (unpaired) electrons. The van der Waals surface area contributed by atoms with E-state index in [9.17, 15) is 9.59 Å². The van der Waals surface area contributed by atoms with Crippen molar-refractivity contribution in [3.8, 4) is 11.5 Å². The maximum Gasteiger partial charge on any atom is 0.308 e. The molecular weight excluding hydrogens is 322 g/mol. The van der Waals surface area contributed by atoms with E-state index in [1.807, 2.05) is 6.92 Å². The molecule has 1 aromatic carbocycles. The fourth-order valence-corrected chi connectivity index (χ4v) is 3.48. The quantitative estimate of drug-likeness (QED) is 0.477. The number of esters is 1. The molecule has 2 rings (SSSR count). The summed E-state index contributed by atoms with van der Waals surface area (Å²) < 4.78 is 11.0. The maximum atomic E-state index is 11.9. The molecule has 0 amide bonds. The predicted molar refractivity (Wildman–Crippen MR) is 90.4 cm³/mol. The standard InChI is InChI=1S/C15H15NO4S2/c1-4-21-15-16-11(14(18)22-15)7-10-5-6-12(20-9(2)17)13(8-10)19-3/h5-8H,4H2,1-3H3/b11-7-. The van der Waals surface area contributed by atoms with Crippen LogP contribution in [-0.4, -0.2) is 28.3 Å². The zero-order chi connectivity index (χ0) is 16.1. The van der Waals surface area contributed by atoms with Gasteiger partial charge in [-0.15, -0.1) is 0 Å². The average molecular weight is 337 g/mol. The first-order valence-electron chi connectivity index (χ1n) is 6.55. The Balaban J connectivity index is 2.28. The third-order valence-corrected chi connectivity index (χ3v) is 4.50. The van der Waals surface area contributed by atoms with Crippen LogP contribution >= 0.6 is 23.5 Å². The number of thioether (sulfide) groups is 2. The highest BCUT2D eigenvalue weighted by molar-refractivity contribution is 8.45. The van der Waals surface area contributed by atoms with Crippen LogP contribution in [0.3, 0.4) is 0 Å². The molecule has 0 saturated carbocycles. The number of methoxy groups -OCH3 is 1. The lowest BCUT2D eigenvalue weighted by Crippen LogP contribution is -2.03. The Morgan fingerprint density at radius 2 is 2.18 bits per heavy atom. The highest BCUT2D eigenvalue weighted by Gasteiger charge is 2.22. The molecule has 22 heavy (non-hydrogen) atoms. The Kier molecular flexibility index (Phi) is 5.68. The monoisotopic (exact) mass is 337 g/mol. The summed E-state index contributed by atoms with van der Waals surface area (Å²) in [4.78, 5) is 27.2. The van der Waals surface area contributed by atoms with Crippen molar-refractivity contribution in [1.29, 1.82) is 0 Å². The molecule has 1 aliphatic heterocycles. The summed E-state index contributed by atoms with van der Waals surface area (Å²) in [6.07, 6.45) is 1.69. The van der Waals surface area contributed by atoms with Crippen LogP contribution in [0.5, 0.6) is 11.5 Å². The molecule has 0 atom stereocenters. The van der Waals surface area contributed by atoms with Crippen LogP contribution in [0.25, 0.3) is 6.08 Å². The summed E-state index contributed by atoms with van der Waals surface area (Å²) in [5.74, 6) is 1.22. The Labute approximate surface area is 137 Å². The summed E-state index contributed by atoms with van der Waals surface area (Å²) in [7, 11) is 1.49. The molecule has 0 aliphatic carbocycles. The number of rotatable bonds is 4. The van der Waals surface area contributed by atoms with Crippen molar-refractivity contribution in [2.75, 3.05) is 12.9 Å². The van der Waals surface area contributed by atoms with Gasteiger partial charge in [0.2, 0.25) is 5.12 Å². The van der Waals surface area contributed by atoms with Crippen molar-refractivity contribution in [1.82, 2.24) is 0 Å². The van der Waals surface area contributed by atoms with Gasteiger partial charge in [-0.05, 0) is 41.3 Å². The fourth-order valence-electron chi connectivity index (χ4n) is 1.75. The van der Waals surface area contributed by atoms with Gasteiger partial charge in [0.05, 0.1) is 7.11 Å². The van der Waals surface area contributed by atoms with Crippen molar-refractivity contribution in [3.63, 3.8) is 0 Å². The number of carbonyl (C=O) groups excluding carboxylic acids is 2. The highest BCUT2D eigenvalue weighted by atomic mass is 32.2. The second-order valence-electron chi connectivity index (χ2n) is 4.23. The van der Waals surface area contributed by atoms with Crippen molar-refractivity contribution in [2.45, 2.75) is 13.8 Å². The predicted octanol–water partition coefficient (Wildman–Crippen LogP) is 3.34. The molecule has 7 heteroatoms. The van der Waals surface area contributed by atoms with E-state index in [-0.39, 0.29) is 5.12 Å². The summed E-state index contributed by atoms with van der Waals surface area (Å²) >= 11 is 2.69. The third kappa shape index (κ3) is 4.14. The zero-order valence-corrected chi connectivity index (χ0v) is 14.0. The van der Waals surface area contributed by atoms with E-state index in [2.05, 4.69) is 4.99 Å². The first-order chi connectivity index (χ1) is 10.5. The number of nitrogens with zero attached hydrogens (tertiary/aromatic N) is 1. The smallest absolute Gasteiger partial charge is 0.308 e. The van der Waals surface area contributed by atoms with Gasteiger partial charge in [0.25, 0.3) is 0 Å². The van der Waals surface area contributed by atoms with Gasteiger partial charge in [-0.25, -0.2) is 4.99 Å². The Bertz CT molecular complexity index is 668. The Morgan fingerprint density at radius 3 is 2.82 bits per heavy atom. The Hall–Kier alpha value is -1.73. The van der Waals surface area contributed by atoms with Crippen molar-refractivity contribution in [3.05, 3.63) is 29.5 Å². The average Bonchev–Trinajstić information content (AvgIpc) is 2.80. The molecule has 0 bridgehead atoms. The molecule has 1 aromatic rings. The lowest BCUT2D eigenvalue weighted by molar-refractivity contribution is -0.132. The van der Waals surface area contributed by atoms with E-state index in [1.165, 1.54) is 14.0 Å². The summed E-state index contributed by atoms with van der Waals surface area (Å²) in [5, 5.41) is -0.0704. The largest absolute Gasteiger partial charge is 0.493 e. The van der Waals surface area contributed by atoms with Crippen LogP contribution in [0.2, 0.25) is 0 Å². The van der Waals surface area contributed by atoms with Crippen LogP contribution in [0, 0.1) is 0 Å². The van der Waals surface area contributed by atoms with Gasteiger partial charge < -0.3 is 9.47 Å². The maximum absolute atomic E-state index is 11.9. The van der Waals surface area contributed by atoms with Crippen molar-refractivity contribution in [2.24, 2.45) is 4.99 Å². The number of hydrogen-bond acceptors (Lipinski definition) is 7. The van der Waals surface area contributed by atoms with Gasteiger partial charge in [0.15, 0.2) is 11.5 Å². The van der Waals surface area contributed by atoms with Crippen molar-refractivity contribution < 1.29 is 19.1 Å². The van der Waals surface area contributed by atoms with Gasteiger partial charge >= 0.3 is 5.97 Å². The minimum Gasteiger partial charge on any atom is -0.493 e. The molecule has 1 aliphatic rings. The molecule has 0 spiro atoms. The summed E-state index contributed by atoms with van der Waals surface area (Å²) in [6.45, 7) is 3.34. The van der Waals surface area contributed by atoms with Gasteiger partial charge in [0, 0.05) is 6.92 Å². The topological polar surface area (TPSA) is 65.0 Å². The van der Waals surface area contributed by atoms with Gasteiger partial charge in [-0.2, -0.15) is 0 Å². The lowest BCUT2D eigenvalue weighted by atomic mass is 10.1. The van der Waals surface area contributed by atoms with E-state index in [0.717, 1.165) is 27.5 Å². The number of hydrogen-bond donors (Lipinski definition) is 0. The van der Waals surface area contributed by atoms with Crippen LogP contribution in [0.4, 0.5) is 0 Å². The van der Waals surface area contributed by atoms with Crippen molar-refractivity contribution >= 4 is 45.1 Å². The number of benzene rings is 1. The minimum atomic E-state index is -0.419. The van der Waals surface area contributed by atoms with E-state index >= 15 is 0 Å². The molecule has 116 valence electrons.